The lowest BCUT2D eigenvalue weighted by atomic mass is 10.2. The second-order valence-corrected chi connectivity index (χ2v) is 4.57. The summed E-state index contributed by atoms with van der Waals surface area (Å²) >= 11 is 0. The van der Waals surface area contributed by atoms with Gasteiger partial charge in [0, 0.05) is 31.4 Å². The molecule has 102 valence electrons. The lowest BCUT2D eigenvalue weighted by molar-refractivity contribution is 0.300. The Hall–Kier alpha value is -2.25. The van der Waals surface area contributed by atoms with Crippen LogP contribution in [0.3, 0.4) is 0 Å². The smallest absolute Gasteiger partial charge is 0.123 e. The van der Waals surface area contributed by atoms with Crippen LogP contribution in [0.2, 0.25) is 0 Å². The molecular formula is C16H16FN3. The van der Waals surface area contributed by atoms with E-state index in [1.54, 1.807) is 18.3 Å². The van der Waals surface area contributed by atoms with Gasteiger partial charge in [-0.3, -0.25) is 9.88 Å². The van der Waals surface area contributed by atoms with Gasteiger partial charge < -0.3 is 0 Å². The van der Waals surface area contributed by atoms with Crippen molar-refractivity contribution in [3.8, 4) is 6.07 Å². The van der Waals surface area contributed by atoms with Gasteiger partial charge >= 0.3 is 0 Å². The molecule has 0 aliphatic carbocycles. The van der Waals surface area contributed by atoms with Crippen LogP contribution in [0.15, 0.2) is 48.7 Å². The van der Waals surface area contributed by atoms with Crippen molar-refractivity contribution in [1.29, 1.82) is 5.26 Å². The van der Waals surface area contributed by atoms with Gasteiger partial charge in [0.15, 0.2) is 0 Å². The molecule has 0 bridgehead atoms. The van der Waals surface area contributed by atoms with Gasteiger partial charge in [-0.15, -0.1) is 0 Å². The summed E-state index contributed by atoms with van der Waals surface area (Å²) in [6, 6.07) is 14.4. The Balaban J connectivity index is 1.93. The standard InChI is InChI=1S/C16H16FN3/c17-15-6-4-14(5-7-15)13-20(12-9-18)11-8-16-3-1-2-10-19-16/h1-7,10H,8,11-13H2. The normalized spacial score (nSPS) is 10.4. The van der Waals surface area contributed by atoms with Crippen molar-refractivity contribution in [3.63, 3.8) is 0 Å². The number of aromatic nitrogens is 1. The average molecular weight is 269 g/mol. The number of rotatable bonds is 6. The molecule has 4 heteroatoms. The Morgan fingerprint density at radius 3 is 2.60 bits per heavy atom. The third-order valence-corrected chi connectivity index (χ3v) is 3.02. The van der Waals surface area contributed by atoms with E-state index in [0.717, 1.165) is 24.2 Å². The van der Waals surface area contributed by atoms with Gasteiger partial charge in [-0.2, -0.15) is 5.26 Å². The highest BCUT2D eigenvalue weighted by Gasteiger charge is 2.06. The molecule has 1 aromatic heterocycles. The zero-order chi connectivity index (χ0) is 14.2. The first-order valence-corrected chi connectivity index (χ1v) is 6.51. The van der Waals surface area contributed by atoms with Gasteiger partial charge in [-0.1, -0.05) is 18.2 Å². The summed E-state index contributed by atoms with van der Waals surface area (Å²) in [7, 11) is 0. The van der Waals surface area contributed by atoms with Crippen molar-refractivity contribution in [1.82, 2.24) is 9.88 Å². The van der Waals surface area contributed by atoms with E-state index >= 15 is 0 Å². The van der Waals surface area contributed by atoms with Crippen LogP contribution in [0.4, 0.5) is 4.39 Å². The topological polar surface area (TPSA) is 39.9 Å². The van der Waals surface area contributed by atoms with Gasteiger partial charge in [0.05, 0.1) is 12.6 Å². The highest BCUT2D eigenvalue weighted by atomic mass is 19.1. The summed E-state index contributed by atoms with van der Waals surface area (Å²) in [5.41, 5.74) is 2.01. The minimum absolute atomic E-state index is 0.242. The highest BCUT2D eigenvalue weighted by molar-refractivity contribution is 5.16. The highest BCUT2D eigenvalue weighted by Crippen LogP contribution is 2.07. The summed E-state index contributed by atoms with van der Waals surface area (Å²) < 4.78 is 12.9. The molecule has 0 fully saturated rings. The maximum atomic E-state index is 12.9. The van der Waals surface area contributed by atoms with E-state index in [9.17, 15) is 4.39 Å². The van der Waals surface area contributed by atoms with Gasteiger partial charge in [-0.25, -0.2) is 4.39 Å². The summed E-state index contributed by atoms with van der Waals surface area (Å²) in [6.07, 6.45) is 2.56. The van der Waals surface area contributed by atoms with E-state index in [-0.39, 0.29) is 5.82 Å². The van der Waals surface area contributed by atoms with E-state index in [2.05, 4.69) is 11.1 Å². The largest absolute Gasteiger partial charge is 0.286 e. The molecular weight excluding hydrogens is 253 g/mol. The summed E-state index contributed by atoms with van der Waals surface area (Å²) in [5, 5.41) is 8.89. The fraction of sp³-hybridized carbons (Fsp3) is 0.250. The van der Waals surface area contributed by atoms with Crippen LogP contribution in [0.5, 0.6) is 0 Å². The van der Waals surface area contributed by atoms with Crippen LogP contribution in [0.1, 0.15) is 11.3 Å². The maximum Gasteiger partial charge on any atom is 0.123 e. The number of hydrogen-bond acceptors (Lipinski definition) is 3. The molecule has 0 saturated heterocycles. The minimum atomic E-state index is -0.242. The zero-order valence-corrected chi connectivity index (χ0v) is 11.2. The number of hydrogen-bond donors (Lipinski definition) is 0. The fourth-order valence-corrected chi connectivity index (χ4v) is 1.98. The SMILES string of the molecule is N#CCN(CCc1ccccn1)Cc1ccc(F)cc1. The number of benzene rings is 1. The van der Waals surface area contributed by atoms with Gasteiger partial charge in [0.2, 0.25) is 0 Å². The molecule has 0 spiro atoms. The Morgan fingerprint density at radius 1 is 1.15 bits per heavy atom. The second kappa shape index (κ2) is 7.37. The van der Waals surface area contributed by atoms with Crippen LogP contribution in [0, 0.1) is 17.1 Å². The number of nitrogens with zero attached hydrogens (tertiary/aromatic N) is 3. The monoisotopic (exact) mass is 269 g/mol. The van der Waals surface area contributed by atoms with Crippen molar-refractivity contribution in [2.24, 2.45) is 0 Å². The van der Waals surface area contributed by atoms with Crippen LogP contribution in [0.25, 0.3) is 0 Å². The molecule has 0 N–H and O–H groups in total. The molecule has 0 unspecified atom stereocenters. The first-order valence-electron chi connectivity index (χ1n) is 6.51. The molecule has 3 nitrogen and oxygen atoms in total. The molecule has 0 radical (unpaired) electrons. The van der Waals surface area contributed by atoms with Gasteiger partial charge in [-0.05, 0) is 29.8 Å². The number of nitriles is 1. The number of pyridine rings is 1. The maximum absolute atomic E-state index is 12.9. The Morgan fingerprint density at radius 2 is 1.95 bits per heavy atom. The third-order valence-electron chi connectivity index (χ3n) is 3.02. The van der Waals surface area contributed by atoms with E-state index in [1.165, 1.54) is 12.1 Å². The van der Waals surface area contributed by atoms with E-state index in [4.69, 9.17) is 5.26 Å². The molecule has 2 aromatic rings. The van der Waals surface area contributed by atoms with E-state index in [1.807, 2.05) is 23.1 Å². The van der Waals surface area contributed by atoms with Crippen LogP contribution < -0.4 is 0 Å². The van der Waals surface area contributed by atoms with E-state index < -0.39 is 0 Å². The predicted octanol–water partition coefficient (Wildman–Crippen LogP) is 2.79. The van der Waals surface area contributed by atoms with Crippen molar-refractivity contribution in [2.75, 3.05) is 13.1 Å². The van der Waals surface area contributed by atoms with Crippen molar-refractivity contribution >= 4 is 0 Å². The third kappa shape index (κ3) is 4.45. The first-order chi connectivity index (χ1) is 9.78. The van der Waals surface area contributed by atoms with E-state index in [0.29, 0.717) is 13.1 Å². The molecule has 0 atom stereocenters. The fourth-order valence-electron chi connectivity index (χ4n) is 1.98. The molecule has 0 saturated carbocycles. The van der Waals surface area contributed by atoms with Gasteiger partial charge in [0.25, 0.3) is 0 Å². The van der Waals surface area contributed by atoms with Crippen LogP contribution in [-0.2, 0) is 13.0 Å². The van der Waals surface area contributed by atoms with Crippen LogP contribution >= 0.6 is 0 Å². The second-order valence-electron chi connectivity index (χ2n) is 4.57. The number of halogens is 1. The zero-order valence-electron chi connectivity index (χ0n) is 11.2. The first kappa shape index (κ1) is 14.2. The lowest BCUT2D eigenvalue weighted by Crippen LogP contribution is -2.26. The Labute approximate surface area is 118 Å². The molecule has 0 amide bonds. The van der Waals surface area contributed by atoms with Gasteiger partial charge in [0.1, 0.15) is 5.82 Å². The van der Waals surface area contributed by atoms with Crippen molar-refractivity contribution in [3.05, 3.63) is 65.7 Å². The molecule has 1 heterocycles. The van der Waals surface area contributed by atoms with Crippen molar-refractivity contribution < 1.29 is 4.39 Å². The molecule has 0 aliphatic heterocycles. The summed E-state index contributed by atoms with van der Waals surface area (Å²) in [6.45, 7) is 1.74. The molecule has 2 rings (SSSR count). The quantitative estimate of drug-likeness (QED) is 0.757. The van der Waals surface area contributed by atoms with Crippen LogP contribution in [-0.4, -0.2) is 23.0 Å². The average Bonchev–Trinajstić information content (AvgIpc) is 2.48. The van der Waals surface area contributed by atoms with Crippen molar-refractivity contribution in [2.45, 2.75) is 13.0 Å². The Bertz CT molecular complexity index is 561. The molecule has 20 heavy (non-hydrogen) atoms. The lowest BCUT2D eigenvalue weighted by Gasteiger charge is -2.18. The minimum Gasteiger partial charge on any atom is -0.286 e. The Kier molecular flexibility index (Phi) is 5.22. The molecule has 0 aliphatic rings. The molecule has 1 aromatic carbocycles. The predicted molar refractivity (Wildman–Crippen MR) is 75.2 cm³/mol. The summed E-state index contributed by atoms with van der Waals surface area (Å²) in [5.74, 6) is -0.242. The summed E-state index contributed by atoms with van der Waals surface area (Å²) in [4.78, 5) is 6.30.